The molecule has 39 heavy (non-hydrogen) atoms. The fourth-order valence-corrected chi connectivity index (χ4v) is 6.04. The fourth-order valence-electron chi connectivity index (χ4n) is 6.04. The number of hydrogen-bond donors (Lipinski definition) is 0. The first-order chi connectivity index (χ1) is 19.0. The summed E-state index contributed by atoms with van der Waals surface area (Å²) < 4.78 is 39.8. The summed E-state index contributed by atoms with van der Waals surface area (Å²) in [5, 5.41) is 8.99. The van der Waals surface area contributed by atoms with E-state index in [2.05, 4.69) is 84.9 Å². The zero-order valence-electron chi connectivity index (χ0n) is 21.0. The van der Waals surface area contributed by atoms with Crippen LogP contribution in [0.25, 0.3) is 65.3 Å². The Morgan fingerprint density at radius 2 is 0.974 bits per heavy atom. The lowest BCUT2D eigenvalue weighted by atomic mass is 9.84. The van der Waals surface area contributed by atoms with E-state index in [9.17, 15) is 13.2 Å². The Bertz CT molecular complexity index is 2030. The van der Waals surface area contributed by atoms with Crippen LogP contribution >= 0.6 is 0 Å². The van der Waals surface area contributed by atoms with E-state index in [1.807, 2.05) is 24.3 Å². The highest BCUT2D eigenvalue weighted by atomic mass is 19.4. The van der Waals surface area contributed by atoms with Crippen LogP contribution in [0, 0.1) is 0 Å². The van der Waals surface area contributed by atoms with Gasteiger partial charge in [-0.05, 0) is 70.9 Å². The molecule has 0 saturated heterocycles. The molecule has 0 fully saturated rings. The van der Waals surface area contributed by atoms with E-state index in [4.69, 9.17) is 0 Å². The second kappa shape index (κ2) is 8.99. The lowest BCUT2D eigenvalue weighted by Gasteiger charge is -2.19. The SMILES string of the molecule is FC(F)(F)Cc1cccc(-c2ccc(-c3cccc4ccccc34)c3c4ccccc4c4ccccc4c23)c1. The number of halogens is 3. The number of rotatable bonds is 3. The van der Waals surface area contributed by atoms with Crippen LogP contribution in [0.5, 0.6) is 0 Å². The van der Waals surface area contributed by atoms with Crippen LogP contribution in [0.2, 0.25) is 0 Å². The molecule has 3 heteroatoms. The highest BCUT2D eigenvalue weighted by Crippen LogP contribution is 2.45. The number of fused-ring (bicyclic) bond motifs is 7. The molecule has 0 saturated carbocycles. The molecule has 7 aromatic carbocycles. The molecule has 0 amide bonds. The van der Waals surface area contributed by atoms with Gasteiger partial charge in [0.1, 0.15) is 0 Å². The molecule has 0 aliphatic heterocycles. The summed E-state index contributed by atoms with van der Waals surface area (Å²) in [5.41, 5.74) is 4.22. The molecule has 0 spiro atoms. The topological polar surface area (TPSA) is 0 Å². The van der Waals surface area contributed by atoms with E-state index in [1.165, 1.54) is 5.39 Å². The summed E-state index contributed by atoms with van der Waals surface area (Å²) in [6, 6.07) is 42.6. The zero-order valence-corrected chi connectivity index (χ0v) is 21.0. The maximum absolute atomic E-state index is 13.3. The molecule has 0 aromatic heterocycles. The first-order valence-electron chi connectivity index (χ1n) is 13.0. The summed E-state index contributed by atoms with van der Waals surface area (Å²) in [6.45, 7) is 0. The van der Waals surface area contributed by atoms with Gasteiger partial charge in [0.15, 0.2) is 0 Å². The minimum absolute atomic E-state index is 0.261. The van der Waals surface area contributed by atoms with Gasteiger partial charge in [-0.1, -0.05) is 127 Å². The van der Waals surface area contributed by atoms with Gasteiger partial charge in [-0.15, -0.1) is 0 Å². The molecule has 0 bridgehead atoms. The largest absolute Gasteiger partial charge is 0.393 e. The van der Waals surface area contributed by atoms with Crippen molar-refractivity contribution in [1.82, 2.24) is 0 Å². The van der Waals surface area contributed by atoms with Gasteiger partial charge < -0.3 is 0 Å². The van der Waals surface area contributed by atoms with Crippen molar-refractivity contribution >= 4 is 43.1 Å². The third-order valence-corrected chi connectivity index (χ3v) is 7.61. The van der Waals surface area contributed by atoms with Crippen molar-refractivity contribution in [3.63, 3.8) is 0 Å². The molecule has 188 valence electrons. The van der Waals surface area contributed by atoms with Crippen molar-refractivity contribution < 1.29 is 13.2 Å². The van der Waals surface area contributed by atoms with E-state index in [1.54, 1.807) is 18.2 Å². The first kappa shape index (κ1) is 23.5. The second-order valence-electron chi connectivity index (χ2n) is 10.0. The quantitative estimate of drug-likeness (QED) is 0.207. The van der Waals surface area contributed by atoms with Gasteiger partial charge in [0, 0.05) is 0 Å². The second-order valence-corrected chi connectivity index (χ2v) is 10.0. The van der Waals surface area contributed by atoms with Gasteiger partial charge in [-0.2, -0.15) is 13.2 Å². The maximum Gasteiger partial charge on any atom is 0.393 e. The molecule has 0 heterocycles. The molecule has 0 radical (unpaired) electrons. The summed E-state index contributed by atoms with van der Waals surface area (Å²) in [7, 11) is 0. The van der Waals surface area contributed by atoms with Crippen LogP contribution in [-0.4, -0.2) is 6.18 Å². The highest BCUT2D eigenvalue weighted by molar-refractivity contribution is 6.32. The molecular weight excluding hydrogens is 489 g/mol. The van der Waals surface area contributed by atoms with E-state index >= 15 is 0 Å². The number of alkyl halides is 3. The van der Waals surface area contributed by atoms with Gasteiger partial charge in [0.25, 0.3) is 0 Å². The maximum atomic E-state index is 13.3. The summed E-state index contributed by atoms with van der Waals surface area (Å²) in [6.07, 6.45) is -5.21. The molecule has 7 aromatic rings. The smallest absolute Gasteiger partial charge is 0.171 e. The molecule has 0 N–H and O–H groups in total. The third-order valence-electron chi connectivity index (χ3n) is 7.61. The minimum Gasteiger partial charge on any atom is -0.171 e. The molecule has 0 aliphatic rings. The van der Waals surface area contributed by atoms with Crippen molar-refractivity contribution in [2.75, 3.05) is 0 Å². The Kier molecular flexibility index (Phi) is 5.41. The van der Waals surface area contributed by atoms with Crippen molar-refractivity contribution in [2.45, 2.75) is 12.6 Å². The van der Waals surface area contributed by atoms with Crippen molar-refractivity contribution in [2.24, 2.45) is 0 Å². The Labute approximate surface area is 223 Å². The average molecular weight is 513 g/mol. The third kappa shape index (κ3) is 4.02. The van der Waals surface area contributed by atoms with Gasteiger partial charge in [-0.25, -0.2) is 0 Å². The Morgan fingerprint density at radius 1 is 0.436 bits per heavy atom. The normalized spacial score (nSPS) is 12.1. The van der Waals surface area contributed by atoms with Gasteiger partial charge in [0.2, 0.25) is 0 Å². The van der Waals surface area contributed by atoms with Crippen molar-refractivity contribution in [3.8, 4) is 22.3 Å². The van der Waals surface area contributed by atoms with E-state index in [-0.39, 0.29) is 5.56 Å². The summed E-state index contributed by atoms with van der Waals surface area (Å²) in [5.74, 6) is 0. The van der Waals surface area contributed by atoms with Crippen LogP contribution in [-0.2, 0) is 6.42 Å². The van der Waals surface area contributed by atoms with Gasteiger partial charge in [-0.3, -0.25) is 0 Å². The predicted octanol–water partition coefficient (Wildman–Crippen LogP) is 10.7. The molecule has 0 nitrogen and oxygen atoms in total. The lowest BCUT2D eigenvalue weighted by molar-refractivity contribution is -0.127. The van der Waals surface area contributed by atoms with Crippen LogP contribution < -0.4 is 0 Å². The van der Waals surface area contributed by atoms with Crippen molar-refractivity contribution in [3.05, 3.63) is 133 Å². The van der Waals surface area contributed by atoms with E-state index < -0.39 is 12.6 Å². The van der Waals surface area contributed by atoms with Gasteiger partial charge >= 0.3 is 6.18 Å². The monoisotopic (exact) mass is 512 g/mol. The molecule has 0 aliphatic carbocycles. The summed E-state index contributed by atoms with van der Waals surface area (Å²) >= 11 is 0. The number of benzene rings is 7. The molecule has 0 unspecified atom stereocenters. The highest BCUT2D eigenvalue weighted by Gasteiger charge is 2.28. The molecule has 0 atom stereocenters. The molecule has 7 rings (SSSR count). The Morgan fingerprint density at radius 3 is 1.67 bits per heavy atom. The lowest BCUT2D eigenvalue weighted by Crippen LogP contribution is -2.11. The van der Waals surface area contributed by atoms with Crippen molar-refractivity contribution in [1.29, 1.82) is 0 Å². The standard InChI is InChI=1S/C36H23F3/c37-36(38,39)22-23-9-7-12-25(21-23)27-19-20-33(28-18-8-11-24-10-1-2-13-26(24)28)35-32-17-6-4-15-30(32)29-14-3-5-16-31(29)34(27)35/h1-21H,22H2. The van der Waals surface area contributed by atoms with Crippen LogP contribution in [0.1, 0.15) is 5.56 Å². The zero-order chi connectivity index (χ0) is 26.6. The van der Waals surface area contributed by atoms with Gasteiger partial charge in [0.05, 0.1) is 6.42 Å². The first-order valence-corrected chi connectivity index (χ1v) is 13.0. The van der Waals surface area contributed by atoms with Crippen LogP contribution in [0.15, 0.2) is 127 Å². The van der Waals surface area contributed by atoms with Crippen LogP contribution in [0.4, 0.5) is 13.2 Å². The fraction of sp³-hybridized carbons (Fsp3) is 0.0556. The average Bonchev–Trinajstić information content (AvgIpc) is 2.95. The predicted molar refractivity (Wildman–Crippen MR) is 157 cm³/mol. The Balaban J connectivity index is 1.65. The molecular formula is C36H23F3. The minimum atomic E-state index is -4.26. The van der Waals surface area contributed by atoms with E-state index in [0.717, 1.165) is 60.0 Å². The van der Waals surface area contributed by atoms with Crippen LogP contribution in [0.3, 0.4) is 0 Å². The summed E-state index contributed by atoms with van der Waals surface area (Å²) in [4.78, 5) is 0. The van der Waals surface area contributed by atoms with E-state index in [0.29, 0.717) is 0 Å². The number of hydrogen-bond acceptors (Lipinski definition) is 0. The Hall–Kier alpha value is -4.63.